The molecule has 21 heavy (non-hydrogen) atoms. The fourth-order valence-corrected chi connectivity index (χ4v) is 3.68. The Bertz CT molecular complexity index is 562. The van der Waals surface area contributed by atoms with Crippen LogP contribution in [0, 0.1) is 0 Å². The maximum atomic E-state index is 12.5. The van der Waals surface area contributed by atoms with Crippen molar-refractivity contribution < 1.29 is 4.79 Å². The van der Waals surface area contributed by atoms with Crippen LogP contribution in [0.5, 0.6) is 0 Å². The van der Waals surface area contributed by atoms with Crippen molar-refractivity contribution in [1.82, 2.24) is 15.2 Å². The van der Waals surface area contributed by atoms with E-state index in [0.29, 0.717) is 0 Å². The molecule has 4 nitrogen and oxygen atoms in total. The van der Waals surface area contributed by atoms with E-state index in [1.54, 1.807) is 0 Å². The zero-order chi connectivity index (χ0) is 14.7. The van der Waals surface area contributed by atoms with E-state index in [1.807, 2.05) is 11.8 Å². The summed E-state index contributed by atoms with van der Waals surface area (Å²) in [6.45, 7) is 5.72. The van der Waals surface area contributed by atoms with Gasteiger partial charge >= 0.3 is 0 Å². The summed E-state index contributed by atoms with van der Waals surface area (Å²) in [6, 6.07) is 0. The molecule has 0 fully saturated rings. The highest BCUT2D eigenvalue weighted by Gasteiger charge is 2.25. The predicted molar refractivity (Wildman–Crippen MR) is 88.9 cm³/mol. The number of aromatic nitrogens is 1. The van der Waals surface area contributed by atoms with Gasteiger partial charge in [0.05, 0.1) is 5.56 Å². The van der Waals surface area contributed by atoms with Crippen molar-refractivity contribution >= 4 is 23.2 Å². The van der Waals surface area contributed by atoms with E-state index >= 15 is 0 Å². The summed E-state index contributed by atoms with van der Waals surface area (Å²) in [5.74, 6) is 2.18. The normalized spacial score (nSPS) is 16.9. The number of thioether (sulfide) groups is 1. The van der Waals surface area contributed by atoms with Gasteiger partial charge in [0.15, 0.2) is 0 Å². The quantitative estimate of drug-likeness (QED) is 0.817. The Hall–Kier alpha value is -1.20. The lowest BCUT2D eigenvalue weighted by Crippen LogP contribution is -2.26. The fraction of sp³-hybridized carbons (Fsp3) is 0.562. The lowest BCUT2D eigenvalue weighted by molar-refractivity contribution is 0.0955. The van der Waals surface area contributed by atoms with E-state index < -0.39 is 0 Å². The third-order valence-electron chi connectivity index (χ3n) is 4.10. The topological polar surface area (TPSA) is 46.1 Å². The highest BCUT2D eigenvalue weighted by molar-refractivity contribution is 7.99. The molecule has 1 amide bonds. The van der Waals surface area contributed by atoms with E-state index in [-0.39, 0.29) is 5.91 Å². The number of hydrogen-bond acceptors (Lipinski definition) is 3. The van der Waals surface area contributed by atoms with Gasteiger partial charge in [-0.05, 0) is 29.7 Å². The first-order chi connectivity index (χ1) is 10.3. The highest BCUT2D eigenvalue weighted by atomic mass is 32.2. The van der Waals surface area contributed by atoms with E-state index in [2.05, 4.69) is 34.4 Å². The van der Waals surface area contributed by atoms with E-state index in [1.165, 1.54) is 16.8 Å². The molecule has 114 valence electrons. The predicted octanol–water partition coefficient (Wildman–Crippen LogP) is 1.90. The fourth-order valence-electron chi connectivity index (χ4n) is 3.14. The SMILES string of the molecule is CCSCCNC(=O)c1cn2c3c1CCC=C3CNCC2. The molecule has 5 heteroatoms. The molecular weight excluding hydrogens is 282 g/mol. The largest absolute Gasteiger partial charge is 0.351 e. The van der Waals surface area contributed by atoms with E-state index in [4.69, 9.17) is 0 Å². The van der Waals surface area contributed by atoms with Crippen molar-refractivity contribution in [2.75, 3.05) is 31.1 Å². The minimum Gasteiger partial charge on any atom is -0.351 e. The number of carbonyl (C=O) groups excluding carboxylic acids is 1. The van der Waals surface area contributed by atoms with Crippen molar-refractivity contribution in [3.05, 3.63) is 29.1 Å². The lowest BCUT2D eigenvalue weighted by Gasteiger charge is -2.15. The summed E-state index contributed by atoms with van der Waals surface area (Å²) in [6.07, 6.45) is 6.40. The van der Waals surface area contributed by atoms with Gasteiger partial charge < -0.3 is 15.2 Å². The van der Waals surface area contributed by atoms with Crippen LogP contribution < -0.4 is 10.6 Å². The third kappa shape index (κ3) is 3.04. The molecule has 0 unspecified atom stereocenters. The van der Waals surface area contributed by atoms with Gasteiger partial charge in [0.2, 0.25) is 0 Å². The average molecular weight is 305 g/mol. The van der Waals surface area contributed by atoms with Gasteiger partial charge in [-0.3, -0.25) is 4.79 Å². The Balaban J connectivity index is 1.80. The molecule has 1 aromatic rings. The number of amides is 1. The molecule has 1 aliphatic carbocycles. The molecule has 0 bridgehead atoms. The molecule has 2 heterocycles. The van der Waals surface area contributed by atoms with Crippen LogP contribution in [0.3, 0.4) is 0 Å². The first-order valence-corrected chi connectivity index (χ1v) is 8.94. The molecule has 1 aromatic heterocycles. The molecular formula is C16H23N3OS. The molecule has 0 saturated heterocycles. The molecule has 0 saturated carbocycles. The van der Waals surface area contributed by atoms with Gasteiger partial charge in [-0.1, -0.05) is 13.0 Å². The van der Waals surface area contributed by atoms with Crippen LogP contribution in [0.15, 0.2) is 12.3 Å². The van der Waals surface area contributed by atoms with Crippen molar-refractivity contribution in [1.29, 1.82) is 0 Å². The van der Waals surface area contributed by atoms with Crippen molar-refractivity contribution in [3.63, 3.8) is 0 Å². The van der Waals surface area contributed by atoms with Gasteiger partial charge in [-0.2, -0.15) is 11.8 Å². The van der Waals surface area contributed by atoms with Crippen molar-refractivity contribution in [2.45, 2.75) is 26.3 Å². The minimum absolute atomic E-state index is 0.0940. The summed E-state index contributed by atoms with van der Waals surface area (Å²) < 4.78 is 2.26. The van der Waals surface area contributed by atoms with Crippen LogP contribution in [0.4, 0.5) is 0 Å². The second-order valence-electron chi connectivity index (χ2n) is 5.46. The number of carbonyl (C=O) groups is 1. The maximum absolute atomic E-state index is 12.5. The van der Waals surface area contributed by atoms with Crippen LogP contribution in [-0.2, 0) is 13.0 Å². The molecule has 0 radical (unpaired) electrons. The van der Waals surface area contributed by atoms with Crippen LogP contribution in [0.25, 0.3) is 5.57 Å². The zero-order valence-electron chi connectivity index (χ0n) is 12.6. The third-order valence-corrected chi connectivity index (χ3v) is 5.00. The highest BCUT2D eigenvalue weighted by Crippen LogP contribution is 2.31. The van der Waals surface area contributed by atoms with Gasteiger partial charge in [0, 0.05) is 43.8 Å². The molecule has 2 N–H and O–H groups in total. The Morgan fingerprint density at radius 1 is 1.52 bits per heavy atom. The van der Waals surface area contributed by atoms with Crippen LogP contribution in [-0.4, -0.2) is 41.6 Å². The molecule has 0 aromatic carbocycles. The Labute approximate surface area is 130 Å². The van der Waals surface area contributed by atoms with Gasteiger partial charge in [0.25, 0.3) is 5.91 Å². The van der Waals surface area contributed by atoms with Gasteiger partial charge in [-0.25, -0.2) is 0 Å². The van der Waals surface area contributed by atoms with Gasteiger partial charge in [-0.15, -0.1) is 0 Å². The molecule has 1 aliphatic heterocycles. The molecule has 3 rings (SSSR count). The summed E-state index contributed by atoms with van der Waals surface area (Å²) in [5.41, 5.74) is 4.78. The number of nitrogens with one attached hydrogen (secondary N) is 2. The van der Waals surface area contributed by atoms with Crippen LogP contribution in [0.2, 0.25) is 0 Å². The molecule has 0 spiro atoms. The second-order valence-corrected chi connectivity index (χ2v) is 6.85. The maximum Gasteiger partial charge on any atom is 0.253 e. The van der Waals surface area contributed by atoms with Gasteiger partial charge in [0.1, 0.15) is 0 Å². The standard InChI is InChI=1S/C16H23N3OS/c1-2-21-9-7-18-16(20)14-11-19-8-6-17-10-12-4-3-5-13(14)15(12)19/h4,11,17H,2-3,5-10H2,1H3,(H,18,20). The van der Waals surface area contributed by atoms with Crippen LogP contribution in [0.1, 0.15) is 35.0 Å². The number of hydrogen-bond donors (Lipinski definition) is 2. The Morgan fingerprint density at radius 3 is 3.29 bits per heavy atom. The number of allylic oxidation sites excluding steroid dienone is 1. The number of rotatable bonds is 5. The van der Waals surface area contributed by atoms with Crippen LogP contribution >= 0.6 is 11.8 Å². The molecule has 2 aliphatic rings. The lowest BCUT2D eigenvalue weighted by atomic mass is 9.94. The second kappa shape index (κ2) is 6.71. The van der Waals surface area contributed by atoms with Crippen molar-refractivity contribution in [3.8, 4) is 0 Å². The molecule has 0 atom stereocenters. The first kappa shape index (κ1) is 14.7. The summed E-state index contributed by atoms with van der Waals surface area (Å²) >= 11 is 1.86. The smallest absolute Gasteiger partial charge is 0.253 e. The van der Waals surface area contributed by atoms with E-state index in [9.17, 15) is 4.79 Å². The minimum atomic E-state index is 0.0940. The zero-order valence-corrected chi connectivity index (χ0v) is 13.4. The Kier molecular flexibility index (Phi) is 4.70. The number of nitrogens with zero attached hydrogens (tertiary/aromatic N) is 1. The first-order valence-electron chi connectivity index (χ1n) is 7.79. The average Bonchev–Trinajstić information content (AvgIpc) is 2.74. The summed E-state index contributed by atoms with van der Waals surface area (Å²) in [7, 11) is 0. The van der Waals surface area contributed by atoms with Crippen molar-refractivity contribution in [2.24, 2.45) is 0 Å². The Morgan fingerprint density at radius 2 is 2.43 bits per heavy atom. The summed E-state index contributed by atoms with van der Waals surface area (Å²) in [4.78, 5) is 12.5. The summed E-state index contributed by atoms with van der Waals surface area (Å²) in [5, 5.41) is 6.51. The monoisotopic (exact) mass is 305 g/mol. The van der Waals surface area contributed by atoms with E-state index in [0.717, 1.165) is 56.1 Å².